The maximum Gasteiger partial charge on any atom is 0.270 e. The van der Waals surface area contributed by atoms with E-state index in [-0.39, 0.29) is 11.3 Å². The van der Waals surface area contributed by atoms with Gasteiger partial charge in [-0.25, -0.2) is 4.98 Å². The second-order valence-electron chi connectivity index (χ2n) is 5.85. The van der Waals surface area contributed by atoms with Gasteiger partial charge in [-0.15, -0.1) is 11.3 Å². The monoisotopic (exact) mass is 442 g/mol. The van der Waals surface area contributed by atoms with Crippen molar-refractivity contribution in [2.75, 3.05) is 19.5 Å². The molecule has 0 atom stereocenters. The van der Waals surface area contributed by atoms with Crippen molar-refractivity contribution >= 4 is 39.9 Å². The highest BCUT2D eigenvalue weighted by Crippen LogP contribution is 2.36. The van der Waals surface area contributed by atoms with Crippen LogP contribution in [0.25, 0.3) is 16.8 Å². The molecule has 1 N–H and O–H groups in total. The van der Waals surface area contributed by atoms with E-state index in [2.05, 4.69) is 16.4 Å². The van der Waals surface area contributed by atoms with Crippen molar-refractivity contribution in [2.24, 2.45) is 0 Å². The van der Waals surface area contributed by atoms with Crippen LogP contribution in [0, 0.1) is 21.4 Å². The lowest BCUT2D eigenvalue weighted by atomic mass is 10.1. The normalized spacial score (nSPS) is 10.9. The number of allylic oxidation sites excluding steroid dienone is 1. The fourth-order valence-electron chi connectivity index (χ4n) is 2.57. The molecule has 30 heavy (non-hydrogen) atoms. The number of nitriles is 1. The predicted octanol–water partition coefficient (Wildman–Crippen LogP) is 5.37. The summed E-state index contributed by atoms with van der Waals surface area (Å²) in [6.07, 6.45) is 1.50. The summed E-state index contributed by atoms with van der Waals surface area (Å²) in [5.74, 6) is 0.930. The quantitative estimate of drug-likeness (QED) is 0.297. The van der Waals surface area contributed by atoms with Crippen molar-refractivity contribution in [2.45, 2.75) is 0 Å². The van der Waals surface area contributed by atoms with E-state index >= 15 is 0 Å². The predicted molar refractivity (Wildman–Crippen MR) is 116 cm³/mol. The van der Waals surface area contributed by atoms with E-state index < -0.39 is 4.92 Å². The van der Waals surface area contributed by atoms with Crippen LogP contribution in [-0.4, -0.2) is 24.1 Å². The van der Waals surface area contributed by atoms with E-state index in [0.717, 1.165) is 0 Å². The van der Waals surface area contributed by atoms with Gasteiger partial charge in [0.2, 0.25) is 0 Å². The van der Waals surface area contributed by atoms with Crippen molar-refractivity contribution in [1.82, 2.24) is 4.98 Å². The molecule has 3 rings (SSSR count). The Morgan fingerprint density at radius 1 is 1.30 bits per heavy atom. The molecule has 0 fully saturated rings. The standard InChI is InChI=1S/C20H15ClN4O4S/c1-28-18-8-16(19(29-2)7-15(18)21)23-10-13(9-22)20-24-17(11-30-20)12-4-3-5-14(6-12)25(26)27/h3-8,10-11,23H,1-2H3/b13-10-. The number of nitrogens with one attached hydrogen (secondary N) is 1. The summed E-state index contributed by atoms with van der Waals surface area (Å²) in [6, 6.07) is 11.5. The number of benzene rings is 2. The van der Waals surface area contributed by atoms with Crippen LogP contribution in [0.5, 0.6) is 11.5 Å². The third-order valence-electron chi connectivity index (χ3n) is 4.05. The number of nitrogens with zero attached hydrogens (tertiary/aromatic N) is 3. The molecule has 0 saturated heterocycles. The lowest BCUT2D eigenvalue weighted by Gasteiger charge is -2.12. The molecule has 0 amide bonds. The lowest BCUT2D eigenvalue weighted by molar-refractivity contribution is -0.384. The molecule has 1 aromatic heterocycles. The average Bonchev–Trinajstić information content (AvgIpc) is 3.25. The van der Waals surface area contributed by atoms with Gasteiger partial charge in [-0.1, -0.05) is 23.7 Å². The molecule has 0 aliphatic rings. The Bertz CT molecular complexity index is 1170. The number of nitro groups is 1. The number of hydrogen-bond acceptors (Lipinski definition) is 8. The number of hydrogen-bond donors (Lipinski definition) is 1. The van der Waals surface area contributed by atoms with Gasteiger partial charge in [0, 0.05) is 41.4 Å². The number of aromatic nitrogens is 1. The molecule has 10 heteroatoms. The van der Waals surface area contributed by atoms with E-state index in [1.807, 2.05) is 0 Å². The minimum atomic E-state index is -0.463. The minimum absolute atomic E-state index is 0.0245. The smallest absolute Gasteiger partial charge is 0.270 e. The van der Waals surface area contributed by atoms with E-state index in [0.29, 0.717) is 38.5 Å². The van der Waals surface area contributed by atoms with E-state index in [9.17, 15) is 15.4 Å². The molecule has 1 heterocycles. The number of rotatable bonds is 7. The van der Waals surface area contributed by atoms with Crippen LogP contribution >= 0.6 is 22.9 Å². The van der Waals surface area contributed by atoms with Gasteiger partial charge >= 0.3 is 0 Å². The van der Waals surface area contributed by atoms with Gasteiger partial charge in [0.25, 0.3) is 5.69 Å². The summed E-state index contributed by atoms with van der Waals surface area (Å²) in [5.41, 5.74) is 1.96. The third-order valence-corrected chi connectivity index (χ3v) is 5.22. The Morgan fingerprint density at radius 2 is 2.07 bits per heavy atom. The average molecular weight is 443 g/mol. The zero-order valence-corrected chi connectivity index (χ0v) is 17.5. The first-order chi connectivity index (χ1) is 14.5. The summed E-state index contributed by atoms with van der Waals surface area (Å²) in [5, 5.41) is 26.2. The molecule has 0 radical (unpaired) electrons. The van der Waals surface area contributed by atoms with Crippen molar-refractivity contribution in [3.8, 4) is 28.8 Å². The number of thiazole rings is 1. The highest BCUT2D eigenvalue weighted by molar-refractivity contribution is 7.11. The highest BCUT2D eigenvalue weighted by Gasteiger charge is 2.13. The Kier molecular flexibility index (Phi) is 6.51. The minimum Gasteiger partial charge on any atom is -0.495 e. The molecule has 0 spiro atoms. The molecule has 8 nitrogen and oxygen atoms in total. The first kappa shape index (κ1) is 21.1. The molecular weight excluding hydrogens is 428 g/mol. The Morgan fingerprint density at radius 3 is 2.73 bits per heavy atom. The van der Waals surface area contributed by atoms with Gasteiger partial charge in [-0.2, -0.15) is 5.26 Å². The fourth-order valence-corrected chi connectivity index (χ4v) is 3.60. The molecule has 152 valence electrons. The zero-order valence-electron chi connectivity index (χ0n) is 15.9. The van der Waals surface area contributed by atoms with Gasteiger partial charge in [0.1, 0.15) is 28.1 Å². The molecule has 0 bridgehead atoms. The summed E-state index contributed by atoms with van der Waals surface area (Å²) in [6.45, 7) is 0. The first-order valence-electron chi connectivity index (χ1n) is 8.46. The maximum absolute atomic E-state index is 11.0. The number of halogens is 1. The first-order valence-corrected chi connectivity index (χ1v) is 9.71. The summed E-state index contributed by atoms with van der Waals surface area (Å²) < 4.78 is 10.5. The molecule has 3 aromatic rings. The zero-order chi connectivity index (χ0) is 21.7. The van der Waals surface area contributed by atoms with Crippen LogP contribution in [0.3, 0.4) is 0 Å². The lowest BCUT2D eigenvalue weighted by Crippen LogP contribution is -1.96. The van der Waals surface area contributed by atoms with Crippen LogP contribution in [0.2, 0.25) is 5.02 Å². The van der Waals surface area contributed by atoms with Crippen molar-refractivity contribution in [1.29, 1.82) is 5.26 Å². The summed E-state index contributed by atoms with van der Waals surface area (Å²) >= 11 is 7.36. The molecule has 0 saturated carbocycles. The van der Waals surface area contributed by atoms with Gasteiger partial charge in [-0.05, 0) is 0 Å². The second kappa shape index (κ2) is 9.26. The number of non-ortho nitro benzene ring substituents is 1. The summed E-state index contributed by atoms with van der Waals surface area (Å²) in [4.78, 5) is 15.0. The number of ether oxygens (including phenoxy) is 2. The fraction of sp³-hybridized carbons (Fsp3) is 0.100. The molecule has 0 unspecified atom stereocenters. The van der Waals surface area contributed by atoms with E-state index in [1.165, 1.54) is 43.9 Å². The Labute approximate surface area is 181 Å². The largest absolute Gasteiger partial charge is 0.495 e. The van der Waals surface area contributed by atoms with Crippen molar-refractivity contribution in [3.05, 3.63) is 68.1 Å². The van der Waals surface area contributed by atoms with Gasteiger partial charge in [0.15, 0.2) is 0 Å². The maximum atomic E-state index is 11.0. The molecule has 0 aliphatic carbocycles. The van der Waals surface area contributed by atoms with E-state index in [4.69, 9.17) is 21.1 Å². The second-order valence-corrected chi connectivity index (χ2v) is 7.11. The van der Waals surface area contributed by atoms with Crippen LogP contribution in [-0.2, 0) is 0 Å². The summed E-state index contributed by atoms with van der Waals surface area (Å²) in [7, 11) is 3.00. The van der Waals surface area contributed by atoms with Crippen molar-refractivity contribution in [3.63, 3.8) is 0 Å². The Hall–Kier alpha value is -3.61. The van der Waals surface area contributed by atoms with Crippen LogP contribution in [0.4, 0.5) is 11.4 Å². The number of methoxy groups -OCH3 is 2. The van der Waals surface area contributed by atoms with Crippen molar-refractivity contribution < 1.29 is 14.4 Å². The van der Waals surface area contributed by atoms with Crippen LogP contribution < -0.4 is 14.8 Å². The SMILES string of the molecule is COc1cc(N/C=C(/C#N)c2nc(-c3cccc([N+](=O)[O-])c3)cs2)c(OC)cc1Cl. The number of nitro benzene ring substituents is 1. The van der Waals surface area contributed by atoms with Crippen LogP contribution in [0.1, 0.15) is 5.01 Å². The van der Waals surface area contributed by atoms with Gasteiger partial charge in [-0.3, -0.25) is 10.1 Å². The molecule has 0 aliphatic heterocycles. The topological polar surface area (TPSA) is 110 Å². The highest BCUT2D eigenvalue weighted by atomic mass is 35.5. The van der Waals surface area contributed by atoms with Gasteiger partial charge in [0.05, 0.1) is 35.5 Å². The Balaban J connectivity index is 1.89. The number of anilines is 1. The molecular formula is C20H15ClN4O4S. The van der Waals surface area contributed by atoms with E-state index in [1.54, 1.807) is 29.6 Å². The third kappa shape index (κ3) is 4.51. The molecule has 2 aromatic carbocycles. The van der Waals surface area contributed by atoms with Gasteiger partial charge < -0.3 is 14.8 Å². The van der Waals surface area contributed by atoms with Crippen LogP contribution in [0.15, 0.2) is 48.0 Å².